The van der Waals surface area contributed by atoms with E-state index in [4.69, 9.17) is 0 Å². The molecular formula is C18H26N2O5S. The van der Waals surface area contributed by atoms with Crippen molar-refractivity contribution in [1.82, 2.24) is 5.32 Å². The van der Waals surface area contributed by atoms with E-state index >= 15 is 0 Å². The molecule has 0 aliphatic heterocycles. The second kappa shape index (κ2) is 9.02. The van der Waals surface area contributed by atoms with E-state index in [9.17, 15) is 23.1 Å². The van der Waals surface area contributed by atoms with Crippen molar-refractivity contribution in [3.05, 3.63) is 29.8 Å². The number of amides is 1. The van der Waals surface area contributed by atoms with Crippen LogP contribution in [-0.2, 0) is 14.8 Å². The highest BCUT2D eigenvalue weighted by molar-refractivity contribution is 7.92. The van der Waals surface area contributed by atoms with Crippen molar-refractivity contribution >= 4 is 27.6 Å². The molecule has 0 heterocycles. The van der Waals surface area contributed by atoms with Crippen LogP contribution in [0.1, 0.15) is 55.8 Å². The van der Waals surface area contributed by atoms with E-state index in [2.05, 4.69) is 10.0 Å². The fourth-order valence-electron chi connectivity index (χ4n) is 3.25. The fourth-order valence-corrected chi connectivity index (χ4v) is 4.38. The Hall–Kier alpha value is -2.09. The number of carboxylic acids is 1. The van der Waals surface area contributed by atoms with Crippen LogP contribution in [0.2, 0.25) is 0 Å². The zero-order chi connectivity index (χ0) is 19.2. The van der Waals surface area contributed by atoms with Gasteiger partial charge < -0.3 is 10.4 Å². The number of nitrogens with one attached hydrogen (secondary N) is 2. The Bertz CT molecular complexity index is 748. The summed E-state index contributed by atoms with van der Waals surface area (Å²) in [4.78, 5) is 24.0. The normalized spacial score (nSPS) is 20.8. The lowest BCUT2D eigenvalue weighted by molar-refractivity contribution is -0.142. The van der Waals surface area contributed by atoms with Gasteiger partial charge in [0.1, 0.15) is 0 Å². The molecule has 3 N–H and O–H groups in total. The Labute approximate surface area is 154 Å². The first-order chi connectivity index (χ1) is 12.3. The molecule has 0 saturated heterocycles. The molecule has 1 aromatic carbocycles. The van der Waals surface area contributed by atoms with Crippen LogP contribution in [0.3, 0.4) is 0 Å². The van der Waals surface area contributed by atoms with Gasteiger partial charge in [-0.1, -0.05) is 32.3 Å². The van der Waals surface area contributed by atoms with Gasteiger partial charge in [0.2, 0.25) is 10.0 Å². The molecule has 1 fully saturated rings. The number of rotatable bonds is 7. The van der Waals surface area contributed by atoms with Crippen LogP contribution < -0.4 is 10.0 Å². The summed E-state index contributed by atoms with van der Waals surface area (Å²) >= 11 is 0. The van der Waals surface area contributed by atoms with Gasteiger partial charge in [0.25, 0.3) is 5.91 Å². The molecule has 1 amide bonds. The molecule has 1 aliphatic rings. The Morgan fingerprint density at radius 3 is 2.62 bits per heavy atom. The Balaban J connectivity index is 2.11. The van der Waals surface area contributed by atoms with Gasteiger partial charge in [-0.05, 0) is 37.5 Å². The second-order valence-corrected chi connectivity index (χ2v) is 8.51. The maximum absolute atomic E-state index is 12.6. The lowest BCUT2D eigenvalue weighted by Crippen LogP contribution is -2.42. The number of anilines is 1. The van der Waals surface area contributed by atoms with Crippen LogP contribution in [-0.4, -0.2) is 37.2 Å². The van der Waals surface area contributed by atoms with E-state index in [1.165, 1.54) is 6.07 Å². The molecular weight excluding hydrogens is 356 g/mol. The van der Waals surface area contributed by atoms with Crippen LogP contribution in [0, 0.1) is 5.92 Å². The lowest BCUT2D eigenvalue weighted by Gasteiger charge is -2.23. The van der Waals surface area contributed by atoms with Gasteiger partial charge >= 0.3 is 5.97 Å². The van der Waals surface area contributed by atoms with Crippen molar-refractivity contribution in [2.45, 2.75) is 51.5 Å². The summed E-state index contributed by atoms with van der Waals surface area (Å²) in [6.07, 6.45) is 4.37. The topological polar surface area (TPSA) is 113 Å². The molecule has 1 aliphatic carbocycles. The molecule has 7 nitrogen and oxygen atoms in total. The summed E-state index contributed by atoms with van der Waals surface area (Å²) in [6.45, 7) is 1.77. The summed E-state index contributed by atoms with van der Waals surface area (Å²) in [5, 5.41) is 12.2. The molecule has 1 saturated carbocycles. The predicted octanol–water partition coefficient (Wildman–Crippen LogP) is 2.60. The number of carbonyl (C=O) groups excluding carboxylic acids is 1. The van der Waals surface area contributed by atoms with Crippen LogP contribution in [0.25, 0.3) is 0 Å². The SMILES string of the molecule is CCCS(=O)(=O)Nc1cccc(C(=O)N[C@H]2CCCCC[C@H]2C(=O)O)c1. The van der Waals surface area contributed by atoms with Crippen molar-refractivity contribution < 1.29 is 23.1 Å². The van der Waals surface area contributed by atoms with Crippen LogP contribution in [0.4, 0.5) is 5.69 Å². The quantitative estimate of drug-likeness (QED) is 0.628. The summed E-state index contributed by atoms with van der Waals surface area (Å²) in [6, 6.07) is 5.81. The average Bonchev–Trinajstić information content (AvgIpc) is 2.80. The third kappa shape index (κ3) is 5.72. The molecule has 26 heavy (non-hydrogen) atoms. The van der Waals surface area contributed by atoms with Gasteiger partial charge in [0, 0.05) is 17.3 Å². The molecule has 8 heteroatoms. The van der Waals surface area contributed by atoms with Gasteiger partial charge in [0.15, 0.2) is 0 Å². The first kappa shape index (κ1) is 20.2. The van der Waals surface area contributed by atoms with Crippen molar-refractivity contribution in [2.24, 2.45) is 5.92 Å². The summed E-state index contributed by atoms with van der Waals surface area (Å²) < 4.78 is 26.2. The molecule has 0 spiro atoms. The zero-order valence-electron chi connectivity index (χ0n) is 14.9. The predicted molar refractivity (Wildman–Crippen MR) is 99.6 cm³/mol. The van der Waals surface area contributed by atoms with Crippen LogP contribution in [0.15, 0.2) is 24.3 Å². The zero-order valence-corrected chi connectivity index (χ0v) is 15.7. The second-order valence-electron chi connectivity index (χ2n) is 6.66. The molecule has 2 atom stereocenters. The van der Waals surface area contributed by atoms with Gasteiger partial charge in [-0.25, -0.2) is 8.42 Å². The van der Waals surface area contributed by atoms with Gasteiger partial charge in [-0.15, -0.1) is 0 Å². The van der Waals surface area contributed by atoms with E-state index in [0.29, 0.717) is 30.5 Å². The van der Waals surface area contributed by atoms with Gasteiger partial charge in [0.05, 0.1) is 11.7 Å². The summed E-state index contributed by atoms with van der Waals surface area (Å²) in [7, 11) is -3.44. The molecule has 0 unspecified atom stereocenters. The molecule has 0 radical (unpaired) electrons. The summed E-state index contributed by atoms with van der Waals surface area (Å²) in [5.41, 5.74) is 0.622. The van der Waals surface area contributed by atoms with Crippen molar-refractivity contribution in [3.63, 3.8) is 0 Å². The van der Waals surface area contributed by atoms with Gasteiger partial charge in [-0.2, -0.15) is 0 Å². The molecule has 2 rings (SSSR count). The lowest BCUT2D eigenvalue weighted by atomic mass is 9.94. The number of sulfonamides is 1. The highest BCUT2D eigenvalue weighted by atomic mass is 32.2. The van der Waals surface area contributed by atoms with E-state index < -0.39 is 28.0 Å². The van der Waals surface area contributed by atoms with Crippen molar-refractivity contribution in [1.29, 1.82) is 0 Å². The van der Waals surface area contributed by atoms with E-state index in [0.717, 1.165) is 19.3 Å². The first-order valence-electron chi connectivity index (χ1n) is 8.96. The minimum atomic E-state index is -3.44. The average molecular weight is 382 g/mol. The molecule has 144 valence electrons. The summed E-state index contributed by atoms with van der Waals surface area (Å²) in [5.74, 6) is -1.86. The van der Waals surface area contributed by atoms with E-state index in [1.54, 1.807) is 25.1 Å². The fraction of sp³-hybridized carbons (Fsp3) is 0.556. The molecule has 1 aromatic rings. The van der Waals surface area contributed by atoms with Crippen LogP contribution >= 0.6 is 0 Å². The van der Waals surface area contributed by atoms with E-state index in [-0.39, 0.29) is 11.7 Å². The van der Waals surface area contributed by atoms with E-state index in [1.807, 2.05) is 0 Å². The van der Waals surface area contributed by atoms with Crippen LogP contribution in [0.5, 0.6) is 0 Å². The molecule has 0 aromatic heterocycles. The standard InChI is InChI=1S/C18H26N2O5S/c1-2-11-26(24,25)20-14-8-6-7-13(12-14)17(21)19-16-10-5-3-4-9-15(16)18(22)23/h6-8,12,15-16,20H,2-5,9-11H2,1H3,(H,19,21)(H,22,23)/t15-,16+/m1/s1. The monoisotopic (exact) mass is 382 g/mol. The van der Waals surface area contributed by atoms with Gasteiger partial charge in [-0.3, -0.25) is 14.3 Å². The molecule has 0 bridgehead atoms. The maximum atomic E-state index is 12.6. The van der Waals surface area contributed by atoms with Crippen molar-refractivity contribution in [3.8, 4) is 0 Å². The number of benzene rings is 1. The maximum Gasteiger partial charge on any atom is 0.308 e. The number of carbonyl (C=O) groups is 2. The Morgan fingerprint density at radius 1 is 1.19 bits per heavy atom. The number of hydrogen-bond donors (Lipinski definition) is 3. The highest BCUT2D eigenvalue weighted by Crippen LogP contribution is 2.24. The third-order valence-electron chi connectivity index (χ3n) is 4.52. The Morgan fingerprint density at radius 2 is 1.92 bits per heavy atom. The smallest absolute Gasteiger partial charge is 0.308 e. The number of carboxylic acid groups (broad SMARTS) is 1. The number of aliphatic carboxylic acids is 1. The minimum Gasteiger partial charge on any atom is -0.481 e. The first-order valence-corrected chi connectivity index (χ1v) is 10.6. The largest absolute Gasteiger partial charge is 0.481 e. The highest BCUT2D eigenvalue weighted by Gasteiger charge is 2.30. The number of hydrogen-bond acceptors (Lipinski definition) is 4. The third-order valence-corrected chi connectivity index (χ3v) is 6.01. The Kier molecular flexibility index (Phi) is 7.02. The van der Waals surface area contributed by atoms with Crippen molar-refractivity contribution in [2.75, 3.05) is 10.5 Å². The minimum absolute atomic E-state index is 0.00574.